The Hall–Kier alpha value is -1.52. The van der Waals surface area contributed by atoms with Crippen molar-refractivity contribution in [2.75, 3.05) is 5.73 Å². The van der Waals surface area contributed by atoms with E-state index < -0.39 is 16.1 Å². The van der Waals surface area contributed by atoms with Gasteiger partial charge in [-0.05, 0) is 31.5 Å². The number of nitrogens with two attached hydrogens (primary N) is 1. The molecule has 0 radical (unpaired) electrons. The molecular weight excluding hydrogens is 348 g/mol. The van der Waals surface area contributed by atoms with Crippen LogP contribution in [0.2, 0.25) is 0 Å². The number of hydrogen-bond donors (Lipinski definition) is 3. The van der Waals surface area contributed by atoms with Crippen LogP contribution in [0.15, 0.2) is 21.5 Å². The summed E-state index contributed by atoms with van der Waals surface area (Å²) >= 11 is 3.23. The normalized spacial score (nSPS) is 13.3. The van der Waals surface area contributed by atoms with Crippen molar-refractivity contribution in [3.05, 3.63) is 28.0 Å². The number of sulfonamides is 1. The summed E-state index contributed by atoms with van der Waals surface area (Å²) in [4.78, 5) is 0.111. The van der Waals surface area contributed by atoms with Crippen LogP contribution in [0.4, 0.5) is 5.69 Å². The minimum Gasteiger partial charge on any atom is -0.398 e. The van der Waals surface area contributed by atoms with Crippen molar-refractivity contribution in [2.45, 2.75) is 24.8 Å². The van der Waals surface area contributed by atoms with E-state index in [1.54, 1.807) is 19.9 Å². The number of nitrogens with zero attached hydrogens (tertiary/aromatic N) is 3. The van der Waals surface area contributed by atoms with Crippen LogP contribution in [0.25, 0.3) is 0 Å². The fourth-order valence-electron chi connectivity index (χ4n) is 1.66. The average molecular weight is 361 g/mol. The lowest BCUT2D eigenvalue weighted by atomic mass is 10.2. The van der Waals surface area contributed by atoms with E-state index in [9.17, 15) is 8.42 Å². The van der Waals surface area contributed by atoms with Gasteiger partial charge in [0.15, 0.2) is 5.82 Å². The van der Waals surface area contributed by atoms with Gasteiger partial charge in [-0.2, -0.15) is 5.21 Å². The molecule has 10 heteroatoms. The molecule has 1 heterocycles. The first-order valence-corrected chi connectivity index (χ1v) is 7.90. The molecule has 1 aromatic carbocycles. The van der Waals surface area contributed by atoms with E-state index in [4.69, 9.17) is 5.73 Å². The highest BCUT2D eigenvalue weighted by molar-refractivity contribution is 9.10. The van der Waals surface area contributed by atoms with E-state index in [1.807, 2.05) is 0 Å². The van der Waals surface area contributed by atoms with Gasteiger partial charge in [-0.15, -0.1) is 10.2 Å². The molecule has 0 aliphatic carbocycles. The van der Waals surface area contributed by atoms with Gasteiger partial charge in [-0.1, -0.05) is 21.1 Å². The average Bonchev–Trinajstić information content (AvgIpc) is 2.86. The Balaban J connectivity index is 2.36. The van der Waals surface area contributed by atoms with Crippen molar-refractivity contribution in [3.63, 3.8) is 0 Å². The van der Waals surface area contributed by atoms with E-state index >= 15 is 0 Å². The lowest BCUT2D eigenvalue weighted by Gasteiger charge is -2.14. The van der Waals surface area contributed by atoms with Crippen molar-refractivity contribution in [3.8, 4) is 0 Å². The fourth-order valence-corrected chi connectivity index (χ4v) is 3.78. The van der Waals surface area contributed by atoms with E-state index in [1.165, 1.54) is 6.07 Å². The second kappa shape index (κ2) is 5.46. The molecule has 1 atom stereocenters. The number of halogens is 1. The summed E-state index contributed by atoms with van der Waals surface area (Å²) in [7, 11) is -3.74. The summed E-state index contributed by atoms with van der Waals surface area (Å²) in [6.07, 6.45) is 0. The highest BCUT2D eigenvalue weighted by Crippen LogP contribution is 2.27. The van der Waals surface area contributed by atoms with Crippen molar-refractivity contribution in [2.24, 2.45) is 0 Å². The second-order valence-corrected chi connectivity index (χ2v) is 6.83. The molecule has 0 fully saturated rings. The van der Waals surface area contributed by atoms with E-state index in [2.05, 4.69) is 41.3 Å². The SMILES string of the molecule is Cc1c(N)cc(Br)cc1S(=O)(=O)NC(C)c1nn[nH]n1. The summed E-state index contributed by atoms with van der Waals surface area (Å²) < 4.78 is 27.9. The Labute approximate surface area is 124 Å². The maximum Gasteiger partial charge on any atom is 0.241 e. The predicted molar refractivity (Wildman–Crippen MR) is 76.2 cm³/mol. The molecular formula is C10H13BrN6O2S. The molecule has 108 valence electrons. The molecule has 1 aromatic heterocycles. The molecule has 20 heavy (non-hydrogen) atoms. The Morgan fingerprint density at radius 1 is 1.45 bits per heavy atom. The highest BCUT2D eigenvalue weighted by atomic mass is 79.9. The highest BCUT2D eigenvalue weighted by Gasteiger charge is 2.23. The standard InChI is InChI=1S/C10H13BrN6O2S/c1-5-8(12)3-7(11)4-9(5)20(18,19)15-6(2)10-13-16-17-14-10/h3-4,6,15H,12H2,1-2H3,(H,13,14,16,17). The first-order chi connectivity index (χ1) is 9.31. The van der Waals surface area contributed by atoms with Gasteiger partial charge in [0, 0.05) is 10.2 Å². The lowest BCUT2D eigenvalue weighted by molar-refractivity contribution is 0.559. The molecule has 0 saturated carbocycles. The van der Waals surface area contributed by atoms with E-state index in [0.29, 0.717) is 15.7 Å². The number of hydrogen-bond acceptors (Lipinski definition) is 6. The monoisotopic (exact) mass is 360 g/mol. The summed E-state index contributed by atoms with van der Waals surface area (Å²) in [6.45, 7) is 3.27. The molecule has 0 amide bonds. The molecule has 4 N–H and O–H groups in total. The zero-order chi connectivity index (χ0) is 14.9. The third-order valence-corrected chi connectivity index (χ3v) is 4.86. The topological polar surface area (TPSA) is 127 Å². The van der Waals surface area contributed by atoms with Gasteiger partial charge >= 0.3 is 0 Å². The minimum atomic E-state index is -3.74. The zero-order valence-corrected chi connectivity index (χ0v) is 13.2. The van der Waals surface area contributed by atoms with Gasteiger partial charge in [0.05, 0.1) is 10.9 Å². The van der Waals surface area contributed by atoms with E-state index in [-0.39, 0.29) is 10.7 Å². The van der Waals surface area contributed by atoms with Crippen molar-refractivity contribution in [1.82, 2.24) is 25.3 Å². The molecule has 0 saturated heterocycles. The number of nitrogens with one attached hydrogen (secondary N) is 2. The summed E-state index contributed by atoms with van der Waals surface area (Å²) in [5, 5.41) is 13.2. The number of H-pyrrole nitrogens is 1. The van der Waals surface area contributed by atoms with Crippen LogP contribution in [0.3, 0.4) is 0 Å². The van der Waals surface area contributed by atoms with Crippen LogP contribution in [-0.4, -0.2) is 29.0 Å². The number of rotatable bonds is 4. The van der Waals surface area contributed by atoms with Crippen LogP contribution < -0.4 is 10.5 Å². The number of aromatic nitrogens is 4. The molecule has 2 aromatic rings. The molecule has 0 aliphatic rings. The molecule has 8 nitrogen and oxygen atoms in total. The Morgan fingerprint density at radius 2 is 2.15 bits per heavy atom. The first-order valence-electron chi connectivity index (χ1n) is 5.62. The van der Waals surface area contributed by atoms with Crippen molar-refractivity contribution >= 4 is 31.6 Å². The van der Waals surface area contributed by atoms with Crippen molar-refractivity contribution in [1.29, 1.82) is 0 Å². The first kappa shape index (κ1) is 14.9. The smallest absolute Gasteiger partial charge is 0.241 e. The van der Waals surface area contributed by atoms with Crippen LogP contribution in [-0.2, 0) is 10.0 Å². The summed E-state index contributed by atoms with van der Waals surface area (Å²) in [6, 6.07) is 2.53. The van der Waals surface area contributed by atoms with Gasteiger partial charge in [0.2, 0.25) is 10.0 Å². The van der Waals surface area contributed by atoms with Gasteiger partial charge in [-0.3, -0.25) is 0 Å². The molecule has 1 unspecified atom stereocenters. The quantitative estimate of drug-likeness (QED) is 0.695. The minimum absolute atomic E-state index is 0.111. The number of benzene rings is 1. The van der Waals surface area contributed by atoms with Crippen LogP contribution in [0, 0.1) is 6.92 Å². The third-order valence-electron chi connectivity index (χ3n) is 2.74. The maximum absolute atomic E-state index is 12.4. The van der Waals surface area contributed by atoms with Gasteiger partial charge in [0.1, 0.15) is 0 Å². The van der Waals surface area contributed by atoms with Gasteiger partial charge in [-0.25, -0.2) is 13.1 Å². The molecule has 0 aliphatic heterocycles. The largest absolute Gasteiger partial charge is 0.398 e. The van der Waals surface area contributed by atoms with Crippen LogP contribution in [0.1, 0.15) is 24.4 Å². The molecule has 2 rings (SSSR count). The predicted octanol–water partition coefficient (Wildman–Crippen LogP) is 0.892. The van der Waals surface area contributed by atoms with Crippen LogP contribution >= 0.6 is 15.9 Å². The van der Waals surface area contributed by atoms with Crippen molar-refractivity contribution < 1.29 is 8.42 Å². The number of anilines is 1. The number of nitrogen functional groups attached to an aromatic ring is 1. The third kappa shape index (κ3) is 2.97. The summed E-state index contributed by atoms with van der Waals surface area (Å²) in [5.41, 5.74) is 6.66. The second-order valence-electron chi connectivity index (χ2n) is 4.23. The Kier molecular flexibility index (Phi) is 4.06. The lowest BCUT2D eigenvalue weighted by Crippen LogP contribution is -2.28. The maximum atomic E-state index is 12.4. The molecule has 0 spiro atoms. The van der Waals surface area contributed by atoms with Gasteiger partial charge in [0.25, 0.3) is 0 Å². The van der Waals surface area contributed by atoms with Crippen LogP contribution in [0.5, 0.6) is 0 Å². The summed E-state index contributed by atoms with van der Waals surface area (Å²) in [5.74, 6) is 0.259. The fraction of sp³-hybridized carbons (Fsp3) is 0.300. The zero-order valence-electron chi connectivity index (χ0n) is 10.8. The van der Waals surface area contributed by atoms with Gasteiger partial charge < -0.3 is 5.73 Å². The number of aromatic amines is 1. The number of tetrazole rings is 1. The Bertz CT molecular complexity index is 716. The Morgan fingerprint density at radius 3 is 2.75 bits per heavy atom. The molecule has 0 bridgehead atoms. The van der Waals surface area contributed by atoms with E-state index in [0.717, 1.165) is 0 Å².